The minimum Gasteiger partial charge on any atom is -0.395 e. The van der Waals surface area contributed by atoms with Crippen LogP contribution in [0.3, 0.4) is 0 Å². The van der Waals surface area contributed by atoms with Crippen LogP contribution in [0.1, 0.15) is 13.3 Å². The van der Waals surface area contributed by atoms with E-state index in [1.807, 2.05) is 6.92 Å². The SMILES string of the molecule is C[C@@]1(NC(=S)N(CCO)CCO)CC[S+](=O)(O)C1. The molecule has 2 atom stereocenters. The highest BCUT2D eigenvalue weighted by atomic mass is 32.3. The molecular formula is C10H21N2O4S2+. The maximum absolute atomic E-state index is 11.6. The van der Waals surface area contributed by atoms with Gasteiger partial charge in [0.1, 0.15) is 5.75 Å². The van der Waals surface area contributed by atoms with Crippen molar-refractivity contribution in [1.29, 1.82) is 0 Å². The lowest BCUT2D eigenvalue weighted by Gasteiger charge is -2.30. The fourth-order valence-electron chi connectivity index (χ4n) is 2.02. The van der Waals surface area contributed by atoms with Crippen LogP contribution >= 0.6 is 12.2 Å². The molecule has 18 heavy (non-hydrogen) atoms. The lowest BCUT2D eigenvalue weighted by molar-refractivity contribution is 0.209. The molecule has 1 heterocycles. The Morgan fingerprint density at radius 1 is 1.44 bits per heavy atom. The van der Waals surface area contributed by atoms with Gasteiger partial charge in [-0.2, -0.15) is 4.55 Å². The first-order valence-corrected chi connectivity index (χ1v) is 8.09. The van der Waals surface area contributed by atoms with E-state index in [9.17, 15) is 8.76 Å². The minimum atomic E-state index is -2.74. The Bertz CT molecular complexity index is 347. The molecular weight excluding hydrogens is 276 g/mol. The van der Waals surface area contributed by atoms with E-state index in [2.05, 4.69) is 5.32 Å². The zero-order valence-electron chi connectivity index (χ0n) is 10.5. The molecule has 0 aromatic heterocycles. The van der Waals surface area contributed by atoms with Crippen molar-refractivity contribution >= 4 is 27.5 Å². The van der Waals surface area contributed by atoms with E-state index in [0.717, 1.165) is 0 Å². The van der Waals surface area contributed by atoms with Gasteiger partial charge in [0, 0.05) is 19.5 Å². The maximum atomic E-state index is 11.6. The van der Waals surface area contributed by atoms with Crippen LogP contribution < -0.4 is 5.32 Å². The van der Waals surface area contributed by atoms with Gasteiger partial charge in [-0.15, -0.1) is 0 Å². The van der Waals surface area contributed by atoms with Gasteiger partial charge in [-0.3, -0.25) is 0 Å². The van der Waals surface area contributed by atoms with Gasteiger partial charge in [0.25, 0.3) is 0 Å². The molecule has 1 unspecified atom stereocenters. The number of nitrogens with zero attached hydrogens (tertiary/aromatic N) is 1. The molecule has 106 valence electrons. The van der Waals surface area contributed by atoms with Gasteiger partial charge in [-0.05, 0) is 19.1 Å². The van der Waals surface area contributed by atoms with Gasteiger partial charge in [0.15, 0.2) is 10.9 Å². The Morgan fingerprint density at radius 2 is 2.00 bits per heavy atom. The highest BCUT2D eigenvalue weighted by Crippen LogP contribution is 2.26. The van der Waals surface area contributed by atoms with E-state index in [0.29, 0.717) is 24.6 Å². The largest absolute Gasteiger partial charge is 0.395 e. The highest BCUT2D eigenvalue weighted by molar-refractivity contribution is 7.98. The topological polar surface area (TPSA) is 93.0 Å². The van der Waals surface area contributed by atoms with Crippen LogP contribution in [0, 0.1) is 0 Å². The van der Waals surface area contributed by atoms with Gasteiger partial charge in [0.05, 0.1) is 18.8 Å². The summed E-state index contributed by atoms with van der Waals surface area (Å²) in [6.07, 6.45) is 0.578. The Morgan fingerprint density at radius 3 is 2.39 bits per heavy atom. The maximum Gasteiger partial charge on any atom is 0.216 e. The first-order valence-electron chi connectivity index (χ1n) is 5.83. The molecule has 0 spiro atoms. The van der Waals surface area contributed by atoms with Crippen LogP contribution in [-0.2, 0) is 14.4 Å². The summed E-state index contributed by atoms with van der Waals surface area (Å²) < 4.78 is 21.1. The quantitative estimate of drug-likeness (QED) is 0.393. The summed E-state index contributed by atoms with van der Waals surface area (Å²) in [5.41, 5.74) is -0.494. The predicted molar refractivity (Wildman–Crippen MR) is 74.9 cm³/mol. The standard InChI is InChI=1S/C10H20N2O4S2/c1-10(2-7-18(15,16)8-10)11-9(17)12(3-5-13)4-6-14/h13-14H,2-8H2,1H3,(H-,11,15,16,17)/p+1/t10-/m1/s1. The van der Waals surface area contributed by atoms with E-state index in [-0.39, 0.29) is 24.7 Å². The smallest absolute Gasteiger partial charge is 0.216 e. The average molecular weight is 297 g/mol. The Kier molecular flexibility index (Phi) is 5.47. The zero-order valence-corrected chi connectivity index (χ0v) is 12.1. The van der Waals surface area contributed by atoms with Gasteiger partial charge in [-0.25, -0.2) is 0 Å². The summed E-state index contributed by atoms with van der Waals surface area (Å²) in [4.78, 5) is 1.65. The molecule has 0 saturated carbocycles. The van der Waals surface area contributed by atoms with Crippen molar-refractivity contribution in [2.45, 2.75) is 18.9 Å². The minimum absolute atomic E-state index is 0.0602. The molecule has 0 aromatic carbocycles. The number of aliphatic hydroxyl groups excluding tert-OH is 2. The van der Waals surface area contributed by atoms with Crippen molar-refractivity contribution < 1.29 is 19.0 Å². The van der Waals surface area contributed by atoms with Crippen LogP contribution in [0.2, 0.25) is 0 Å². The molecule has 0 radical (unpaired) electrons. The molecule has 0 bridgehead atoms. The summed E-state index contributed by atoms with van der Waals surface area (Å²) in [7, 11) is -2.74. The number of hydrogen-bond acceptors (Lipinski definition) is 4. The van der Waals surface area contributed by atoms with Crippen LogP contribution in [-0.4, -0.2) is 68.1 Å². The van der Waals surface area contributed by atoms with Crippen molar-refractivity contribution in [3.05, 3.63) is 0 Å². The van der Waals surface area contributed by atoms with Gasteiger partial charge in [-0.1, -0.05) is 4.21 Å². The van der Waals surface area contributed by atoms with Gasteiger partial charge < -0.3 is 20.4 Å². The average Bonchev–Trinajstić information content (AvgIpc) is 2.52. The third-order valence-corrected chi connectivity index (χ3v) is 5.24. The summed E-state index contributed by atoms with van der Waals surface area (Å²) in [6.45, 7) is 2.40. The third kappa shape index (κ3) is 4.43. The molecule has 1 saturated heterocycles. The lowest BCUT2D eigenvalue weighted by Crippen LogP contribution is -2.53. The van der Waals surface area contributed by atoms with E-state index in [4.69, 9.17) is 22.4 Å². The first-order chi connectivity index (χ1) is 8.32. The normalized spacial score (nSPS) is 31.3. The number of aliphatic hydroxyl groups is 2. The van der Waals surface area contributed by atoms with Gasteiger partial charge >= 0.3 is 0 Å². The molecule has 0 amide bonds. The Balaban J connectivity index is 2.60. The molecule has 0 aromatic rings. The molecule has 1 fully saturated rings. The number of nitrogens with one attached hydrogen (secondary N) is 1. The summed E-state index contributed by atoms with van der Waals surface area (Å²) in [6, 6.07) is 0. The second-order valence-electron chi connectivity index (χ2n) is 4.80. The summed E-state index contributed by atoms with van der Waals surface area (Å²) in [5.74, 6) is 0.450. The summed E-state index contributed by atoms with van der Waals surface area (Å²) >= 11 is 5.21. The molecule has 6 nitrogen and oxygen atoms in total. The van der Waals surface area contributed by atoms with Crippen LogP contribution in [0.4, 0.5) is 0 Å². The number of thiocarbonyl (C=S) groups is 1. The lowest BCUT2D eigenvalue weighted by atomic mass is 10.0. The fraction of sp³-hybridized carbons (Fsp3) is 0.900. The van der Waals surface area contributed by atoms with E-state index in [1.165, 1.54) is 0 Å². The second kappa shape index (κ2) is 6.25. The van der Waals surface area contributed by atoms with Crippen molar-refractivity contribution in [2.75, 3.05) is 37.8 Å². The van der Waals surface area contributed by atoms with Gasteiger partial charge in [0.2, 0.25) is 10.2 Å². The molecule has 1 rings (SSSR count). The predicted octanol–water partition coefficient (Wildman–Crippen LogP) is -0.718. The second-order valence-corrected chi connectivity index (χ2v) is 7.42. The Labute approximate surface area is 114 Å². The van der Waals surface area contributed by atoms with Crippen molar-refractivity contribution in [3.8, 4) is 0 Å². The van der Waals surface area contributed by atoms with Crippen molar-refractivity contribution in [2.24, 2.45) is 0 Å². The van der Waals surface area contributed by atoms with Crippen LogP contribution in [0.15, 0.2) is 0 Å². The summed E-state index contributed by atoms with van der Waals surface area (Å²) in [5, 5.41) is 21.3. The Hall–Kier alpha value is -0.280. The van der Waals surface area contributed by atoms with Crippen LogP contribution in [0.25, 0.3) is 0 Å². The molecule has 4 N–H and O–H groups in total. The monoisotopic (exact) mass is 297 g/mol. The number of rotatable bonds is 5. The van der Waals surface area contributed by atoms with E-state index < -0.39 is 15.8 Å². The van der Waals surface area contributed by atoms with Crippen molar-refractivity contribution in [1.82, 2.24) is 10.2 Å². The third-order valence-electron chi connectivity index (χ3n) is 2.95. The van der Waals surface area contributed by atoms with E-state index in [1.54, 1.807) is 4.90 Å². The molecule has 8 heteroatoms. The molecule has 0 aliphatic carbocycles. The fourth-order valence-corrected chi connectivity index (χ4v) is 4.57. The van der Waals surface area contributed by atoms with E-state index >= 15 is 0 Å². The molecule has 1 aliphatic heterocycles. The first kappa shape index (κ1) is 15.8. The van der Waals surface area contributed by atoms with Crippen LogP contribution in [0.5, 0.6) is 0 Å². The zero-order chi connectivity index (χ0) is 13.8. The van der Waals surface area contributed by atoms with Crippen molar-refractivity contribution in [3.63, 3.8) is 0 Å². The molecule has 1 aliphatic rings. The number of hydrogen-bond donors (Lipinski definition) is 4. The highest BCUT2D eigenvalue weighted by Gasteiger charge is 2.47.